The zero-order chi connectivity index (χ0) is 36.8. The van der Waals surface area contributed by atoms with E-state index in [1.807, 2.05) is 91.9 Å². The maximum Gasteiger partial charge on any atom is 0.128 e. The van der Waals surface area contributed by atoms with Crippen molar-refractivity contribution < 1.29 is 4.74 Å². The molecule has 0 saturated carbocycles. The van der Waals surface area contributed by atoms with E-state index >= 15 is 0 Å². The second-order valence-corrected chi connectivity index (χ2v) is 12.3. The number of nitrogens with zero attached hydrogens (tertiary/aromatic N) is 2. The highest BCUT2D eigenvalue weighted by atomic mass is 16.5. The first kappa shape index (κ1) is 39.6. The Hall–Kier alpha value is -5.82. The fraction of sp³-hybridized carbons (Fsp3) is 0.227. The molecule has 1 saturated heterocycles. The van der Waals surface area contributed by atoms with Crippen molar-refractivity contribution in [2.45, 2.75) is 45.8 Å². The van der Waals surface area contributed by atoms with Gasteiger partial charge in [0.1, 0.15) is 23.5 Å². The number of nitrogens with one attached hydrogen (secondary N) is 2. The minimum atomic E-state index is 0.121. The van der Waals surface area contributed by atoms with Crippen LogP contribution in [-0.4, -0.2) is 37.8 Å². The monoisotopic (exact) mass is 680 g/mol. The van der Waals surface area contributed by atoms with Crippen molar-refractivity contribution in [1.82, 2.24) is 0 Å². The molecule has 7 heteroatoms. The van der Waals surface area contributed by atoms with E-state index in [1.165, 1.54) is 23.1 Å². The summed E-state index contributed by atoms with van der Waals surface area (Å²) in [7, 11) is 0. The number of aryl methyl sites for hydroxylation is 1. The second-order valence-electron chi connectivity index (χ2n) is 12.3. The average molecular weight is 681 g/mol. The first-order valence-electron chi connectivity index (χ1n) is 17.2. The highest BCUT2D eigenvalue weighted by molar-refractivity contribution is 5.95. The van der Waals surface area contributed by atoms with Crippen LogP contribution >= 0.6 is 0 Å². The van der Waals surface area contributed by atoms with Crippen LogP contribution in [0, 0.1) is 29.6 Å². The number of hydrogen-bond donors (Lipinski definition) is 4. The number of benzene rings is 3. The molecule has 0 spiro atoms. The first-order valence-corrected chi connectivity index (χ1v) is 17.2. The van der Waals surface area contributed by atoms with E-state index in [2.05, 4.69) is 85.0 Å². The smallest absolute Gasteiger partial charge is 0.128 e. The lowest BCUT2D eigenvalue weighted by molar-refractivity contribution is 0.183. The summed E-state index contributed by atoms with van der Waals surface area (Å²) in [5.74, 6) is 2.46. The summed E-state index contributed by atoms with van der Waals surface area (Å²) < 4.78 is 5.90. The van der Waals surface area contributed by atoms with Crippen LogP contribution < -0.4 is 11.5 Å². The number of fused-ring (bicyclic) bond motifs is 3. The van der Waals surface area contributed by atoms with Crippen molar-refractivity contribution >= 4 is 25.1 Å². The molecule has 0 bridgehead atoms. The number of ether oxygens (including phenoxy) is 1. The van der Waals surface area contributed by atoms with Gasteiger partial charge >= 0.3 is 0 Å². The topological polar surface area (TPSA) is 134 Å². The molecule has 3 unspecified atom stereocenters. The van der Waals surface area contributed by atoms with Crippen LogP contribution in [0.4, 0.5) is 0 Å². The second kappa shape index (κ2) is 22.0. The number of amidine groups is 2. The maximum absolute atomic E-state index is 7.11. The van der Waals surface area contributed by atoms with Gasteiger partial charge in [0.05, 0.1) is 6.54 Å². The minimum absolute atomic E-state index is 0.121. The fourth-order valence-corrected chi connectivity index (χ4v) is 5.48. The number of allylic oxidation sites excluding steroid dienone is 8. The van der Waals surface area contributed by atoms with Gasteiger partial charge in [-0.15, -0.1) is 0 Å². The van der Waals surface area contributed by atoms with Gasteiger partial charge in [-0.3, -0.25) is 15.8 Å². The fourth-order valence-electron chi connectivity index (χ4n) is 5.48. The van der Waals surface area contributed by atoms with E-state index in [0.717, 1.165) is 48.4 Å². The molecule has 6 N–H and O–H groups in total. The third-order valence-corrected chi connectivity index (χ3v) is 8.10. The number of nitrogens with two attached hydrogens (primary N) is 2. The minimum Gasteiger partial charge on any atom is -0.485 e. The van der Waals surface area contributed by atoms with Gasteiger partial charge in [0.2, 0.25) is 0 Å². The molecule has 1 aliphatic heterocycles. The summed E-state index contributed by atoms with van der Waals surface area (Å²) in [5, 5.41) is 14.1. The summed E-state index contributed by atoms with van der Waals surface area (Å²) in [5.41, 5.74) is 17.1. The molecule has 4 aliphatic rings. The summed E-state index contributed by atoms with van der Waals surface area (Å²) in [6, 6.07) is 26.9. The van der Waals surface area contributed by atoms with E-state index in [9.17, 15) is 0 Å². The van der Waals surface area contributed by atoms with Crippen molar-refractivity contribution in [3.63, 3.8) is 0 Å². The summed E-state index contributed by atoms with van der Waals surface area (Å²) in [6.07, 6.45) is 23.4. The van der Waals surface area contributed by atoms with Crippen LogP contribution in [0.15, 0.2) is 167 Å². The third kappa shape index (κ3) is 14.3. The van der Waals surface area contributed by atoms with E-state index in [-0.39, 0.29) is 17.8 Å². The molecule has 0 radical (unpaired) electrons. The Kier molecular flexibility index (Phi) is 17.1. The van der Waals surface area contributed by atoms with E-state index in [4.69, 9.17) is 27.0 Å². The van der Waals surface area contributed by atoms with Gasteiger partial charge in [0, 0.05) is 35.1 Å². The molecule has 51 heavy (non-hydrogen) atoms. The molecule has 264 valence electrons. The number of nitrogen functional groups attached to an aromatic ring is 2. The quantitative estimate of drug-likeness (QED) is 0.153. The van der Waals surface area contributed by atoms with Gasteiger partial charge < -0.3 is 21.2 Å². The lowest BCUT2D eigenvalue weighted by atomic mass is 9.87. The van der Waals surface area contributed by atoms with Gasteiger partial charge in [0.15, 0.2) is 0 Å². The number of rotatable bonds is 6. The molecule has 3 aromatic rings. The lowest BCUT2D eigenvalue weighted by Gasteiger charge is -2.15. The predicted molar refractivity (Wildman–Crippen MR) is 217 cm³/mol. The zero-order valence-corrected chi connectivity index (χ0v) is 29.9. The van der Waals surface area contributed by atoms with Gasteiger partial charge in [-0.1, -0.05) is 133 Å². The maximum atomic E-state index is 7.11. The molecule has 1 fully saturated rings. The number of aliphatic imine (C=N–C) groups is 2. The summed E-state index contributed by atoms with van der Waals surface area (Å²) in [4.78, 5) is 7.58. The zero-order valence-electron chi connectivity index (χ0n) is 29.9. The van der Waals surface area contributed by atoms with Gasteiger partial charge in [-0.2, -0.15) is 0 Å². The molecule has 3 aromatic carbocycles. The van der Waals surface area contributed by atoms with Crippen molar-refractivity contribution in [2.24, 2.45) is 33.3 Å². The van der Waals surface area contributed by atoms with Crippen molar-refractivity contribution in [2.75, 3.05) is 6.54 Å². The third-order valence-electron chi connectivity index (χ3n) is 8.10. The van der Waals surface area contributed by atoms with Crippen LogP contribution in [0.3, 0.4) is 0 Å². The van der Waals surface area contributed by atoms with Crippen LogP contribution in [0.1, 0.15) is 48.4 Å². The Bertz CT molecular complexity index is 1760. The lowest BCUT2D eigenvalue weighted by Crippen LogP contribution is -2.14. The SMILES string of the molecule is C=NCC1C=CC=CC1.C=NCc1ccccc1.CC1=CC2OC3=CCCC=C3C2C=C1.Cc1cccc(C(=N)N)c1.N=C(N)c1ccccc1. The average Bonchev–Trinajstić information content (AvgIpc) is 3.52. The van der Waals surface area contributed by atoms with Crippen LogP contribution in [0.5, 0.6) is 0 Å². The Morgan fingerprint density at radius 3 is 2.04 bits per heavy atom. The highest BCUT2D eigenvalue weighted by Crippen LogP contribution is 2.41. The molecule has 1 heterocycles. The Balaban J connectivity index is 0.000000175. The molecule has 0 amide bonds. The van der Waals surface area contributed by atoms with Crippen LogP contribution in [-0.2, 0) is 11.3 Å². The molecular weight excluding hydrogens is 629 g/mol. The Morgan fingerprint density at radius 1 is 0.804 bits per heavy atom. The predicted octanol–water partition coefficient (Wildman–Crippen LogP) is 9.08. The van der Waals surface area contributed by atoms with Gasteiger partial charge in [-0.05, 0) is 70.3 Å². The van der Waals surface area contributed by atoms with Gasteiger partial charge in [0.25, 0.3) is 0 Å². The number of hydrogen-bond acceptors (Lipinski definition) is 5. The van der Waals surface area contributed by atoms with Crippen LogP contribution in [0.25, 0.3) is 0 Å². The standard InChI is InChI=1S/C13H14O.C8H10N2.C8H11N.C8H9N.C7H8N2/c1-9-6-7-11-10-4-2-3-5-12(10)14-13(11)8-9;1-6-3-2-4-7(5-6)8(9)10;2*1-9-7-8-5-3-2-4-6-8;8-7(9)6-4-2-1-3-5-6/h4-8,11,13H,2-3H2,1H3;2-5H,1H3,(H3,9,10);2-5,8H,1,6-7H2;2-6H,1,7H2;1-5H,(H3,8,9). The van der Waals surface area contributed by atoms with E-state index in [1.54, 1.807) is 0 Å². The summed E-state index contributed by atoms with van der Waals surface area (Å²) >= 11 is 0. The van der Waals surface area contributed by atoms with Crippen molar-refractivity contribution in [3.05, 3.63) is 179 Å². The first-order chi connectivity index (χ1) is 24.7. The molecular formula is C44H52N6O. The Labute approximate surface area is 304 Å². The molecule has 7 nitrogen and oxygen atoms in total. The van der Waals surface area contributed by atoms with Gasteiger partial charge in [-0.25, -0.2) is 0 Å². The molecule has 3 aliphatic carbocycles. The normalized spacial score (nSPS) is 18.5. The van der Waals surface area contributed by atoms with Crippen molar-refractivity contribution in [3.8, 4) is 0 Å². The van der Waals surface area contributed by atoms with Crippen molar-refractivity contribution in [1.29, 1.82) is 10.8 Å². The molecule has 3 atom stereocenters. The molecule has 0 aromatic heterocycles. The largest absolute Gasteiger partial charge is 0.485 e. The highest BCUT2D eigenvalue weighted by Gasteiger charge is 2.35. The van der Waals surface area contributed by atoms with Crippen LogP contribution in [0.2, 0.25) is 0 Å². The summed E-state index contributed by atoms with van der Waals surface area (Å²) in [6.45, 7) is 12.5. The van der Waals surface area contributed by atoms with E-state index in [0.29, 0.717) is 11.8 Å². The molecule has 7 rings (SSSR count). The Morgan fingerprint density at radius 2 is 1.47 bits per heavy atom. The van der Waals surface area contributed by atoms with E-state index < -0.39 is 0 Å².